The number of hydrogen-bond acceptors (Lipinski definition) is 4. The van der Waals surface area contributed by atoms with Gasteiger partial charge in [0.2, 0.25) is 5.91 Å². The topological polar surface area (TPSA) is 59.8 Å². The minimum atomic E-state index is 0.0154. The molecule has 6 heteroatoms. The van der Waals surface area contributed by atoms with Crippen molar-refractivity contribution in [3.8, 4) is 5.69 Å². The molecule has 2 aromatic carbocycles. The number of carbonyl (C=O) groups is 1. The Morgan fingerprint density at radius 3 is 2.50 bits per heavy atom. The number of rotatable bonds is 8. The van der Waals surface area contributed by atoms with Crippen molar-refractivity contribution in [3.63, 3.8) is 0 Å². The zero-order valence-electron chi connectivity index (χ0n) is 16.6. The number of nitrogens with zero attached hydrogens (tertiary/aromatic N) is 3. The largest absolute Gasteiger partial charge is 0.353 e. The Morgan fingerprint density at radius 1 is 1.07 bits per heavy atom. The van der Waals surface area contributed by atoms with Crippen LogP contribution in [0, 0.1) is 13.8 Å². The zero-order valence-corrected chi connectivity index (χ0v) is 17.4. The van der Waals surface area contributed by atoms with Crippen LogP contribution < -0.4 is 5.32 Å². The second-order valence-electron chi connectivity index (χ2n) is 6.98. The molecule has 0 spiro atoms. The van der Waals surface area contributed by atoms with Crippen LogP contribution in [0.4, 0.5) is 0 Å². The van der Waals surface area contributed by atoms with Gasteiger partial charge in [-0.3, -0.25) is 9.36 Å². The molecule has 1 atom stereocenters. The molecule has 5 nitrogen and oxygen atoms in total. The van der Waals surface area contributed by atoms with E-state index in [4.69, 9.17) is 0 Å². The van der Waals surface area contributed by atoms with E-state index in [-0.39, 0.29) is 11.9 Å². The van der Waals surface area contributed by atoms with Gasteiger partial charge in [-0.05, 0) is 51.3 Å². The Kier molecular flexibility index (Phi) is 6.87. The van der Waals surface area contributed by atoms with Crippen LogP contribution in [0.25, 0.3) is 5.69 Å². The average Bonchev–Trinajstić information content (AvgIpc) is 3.07. The summed E-state index contributed by atoms with van der Waals surface area (Å²) in [7, 11) is 0. The van der Waals surface area contributed by atoms with E-state index in [1.165, 1.54) is 22.9 Å². The van der Waals surface area contributed by atoms with Gasteiger partial charge in [0.15, 0.2) is 5.16 Å². The summed E-state index contributed by atoms with van der Waals surface area (Å²) in [5.41, 5.74) is 3.50. The highest BCUT2D eigenvalue weighted by Gasteiger charge is 2.14. The molecule has 0 radical (unpaired) electrons. The number of aryl methyl sites for hydroxylation is 3. The fourth-order valence-corrected chi connectivity index (χ4v) is 3.78. The SMILES string of the molecule is Cc1ccc(-n2c(C)nnc2SCC(=O)N[C@H](C)CCc2ccccc2)cc1. The molecule has 3 aromatic rings. The quantitative estimate of drug-likeness (QED) is 0.584. The molecule has 0 aliphatic heterocycles. The van der Waals surface area contributed by atoms with Gasteiger partial charge in [0.25, 0.3) is 0 Å². The first-order chi connectivity index (χ1) is 13.5. The minimum absolute atomic E-state index is 0.0154. The summed E-state index contributed by atoms with van der Waals surface area (Å²) in [4.78, 5) is 12.3. The minimum Gasteiger partial charge on any atom is -0.353 e. The van der Waals surface area contributed by atoms with E-state index in [9.17, 15) is 4.79 Å². The number of carbonyl (C=O) groups excluding carboxylic acids is 1. The molecule has 1 heterocycles. The van der Waals surface area contributed by atoms with Crippen molar-refractivity contribution in [3.05, 3.63) is 71.5 Å². The average molecular weight is 395 g/mol. The van der Waals surface area contributed by atoms with E-state index < -0.39 is 0 Å². The van der Waals surface area contributed by atoms with Gasteiger partial charge in [-0.2, -0.15) is 0 Å². The van der Waals surface area contributed by atoms with E-state index in [0.717, 1.165) is 29.5 Å². The molecule has 0 aliphatic carbocycles. The first kappa shape index (κ1) is 20.1. The highest BCUT2D eigenvalue weighted by molar-refractivity contribution is 7.99. The molecule has 3 rings (SSSR count). The lowest BCUT2D eigenvalue weighted by atomic mass is 10.1. The van der Waals surface area contributed by atoms with Crippen LogP contribution >= 0.6 is 11.8 Å². The van der Waals surface area contributed by atoms with Crippen molar-refractivity contribution < 1.29 is 4.79 Å². The Morgan fingerprint density at radius 2 is 1.79 bits per heavy atom. The van der Waals surface area contributed by atoms with Crippen molar-refractivity contribution in [1.29, 1.82) is 0 Å². The summed E-state index contributed by atoms with van der Waals surface area (Å²) in [6.45, 7) is 6.02. The molecule has 1 aromatic heterocycles. The molecule has 0 fully saturated rings. The van der Waals surface area contributed by atoms with Gasteiger partial charge in [-0.25, -0.2) is 0 Å². The van der Waals surface area contributed by atoms with E-state index in [2.05, 4.69) is 46.7 Å². The van der Waals surface area contributed by atoms with Crippen LogP contribution in [-0.4, -0.2) is 32.5 Å². The molecule has 28 heavy (non-hydrogen) atoms. The van der Waals surface area contributed by atoms with Crippen LogP contribution in [0.3, 0.4) is 0 Å². The molecule has 0 bridgehead atoms. The van der Waals surface area contributed by atoms with Crippen molar-refractivity contribution in [2.75, 3.05) is 5.75 Å². The number of aromatic nitrogens is 3. The van der Waals surface area contributed by atoms with Gasteiger partial charge in [0.1, 0.15) is 5.82 Å². The number of hydrogen-bond donors (Lipinski definition) is 1. The second kappa shape index (κ2) is 9.55. The number of amides is 1. The van der Waals surface area contributed by atoms with Crippen LogP contribution in [0.1, 0.15) is 30.3 Å². The van der Waals surface area contributed by atoms with Crippen LogP contribution in [0.5, 0.6) is 0 Å². The highest BCUT2D eigenvalue weighted by Crippen LogP contribution is 2.22. The van der Waals surface area contributed by atoms with Crippen molar-refractivity contribution >= 4 is 17.7 Å². The van der Waals surface area contributed by atoms with Crippen molar-refractivity contribution in [2.45, 2.75) is 44.8 Å². The van der Waals surface area contributed by atoms with Gasteiger partial charge < -0.3 is 5.32 Å². The number of thioether (sulfide) groups is 1. The lowest BCUT2D eigenvalue weighted by Gasteiger charge is -2.14. The lowest BCUT2D eigenvalue weighted by Crippen LogP contribution is -2.34. The first-order valence-electron chi connectivity index (χ1n) is 9.48. The van der Waals surface area contributed by atoms with Crippen molar-refractivity contribution in [2.24, 2.45) is 0 Å². The Labute approximate surface area is 170 Å². The monoisotopic (exact) mass is 394 g/mol. The molecular weight excluding hydrogens is 368 g/mol. The Balaban J connectivity index is 1.53. The van der Waals surface area contributed by atoms with Gasteiger partial charge in [0, 0.05) is 11.7 Å². The van der Waals surface area contributed by atoms with Crippen LogP contribution in [0.2, 0.25) is 0 Å². The third-order valence-corrected chi connectivity index (χ3v) is 5.46. The van der Waals surface area contributed by atoms with E-state index in [1.54, 1.807) is 0 Å². The Hall–Kier alpha value is -2.60. The van der Waals surface area contributed by atoms with E-state index >= 15 is 0 Å². The summed E-state index contributed by atoms with van der Waals surface area (Å²) < 4.78 is 1.98. The summed E-state index contributed by atoms with van der Waals surface area (Å²) in [6, 6.07) is 18.7. The summed E-state index contributed by atoms with van der Waals surface area (Å²) in [5, 5.41) is 12.2. The zero-order chi connectivity index (χ0) is 19.9. The third kappa shape index (κ3) is 5.45. The fourth-order valence-electron chi connectivity index (χ4n) is 2.97. The standard InChI is InChI=1S/C22H26N4OS/c1-16-9-13-20(14-10-16)26-18(3)24-25-22(26)28-15-21(27)23-17(2)11-12-19-7-5-4-6-8-19/h4-10,13-14,17H,11-12,15H2,1-3H3,(H,23,27)/t17-/m1/s1. The smallest absolute Gasteiger partial charge is 0.230 e. The maximum atomic E-state index is 12.3. The molecule has 146 valence electrons. The molecule has 1 N–H and O–H groups in total. The first-order valence-corrected chi connectivity index (χ1v) is 10.5. The van der Waals surface area contributed by atoms with Crippen LogP contribution in [0.15, 0.2) is 59.8 Å². The molecular formula is C22H26N4OS. The van der Waals surface area contributed by atoms with Gasteiger partial charge >= 0.3 is 0 Å². The Bertz CT molecular complexity index is 906. The van der Waals surface area contributed by atoms with E-state index in [1.807, 2.05) is 48.7 Å². The fraction of sp³-hybridized carbons (Fsp3) is 0.318. The van der Waals surface area contributed by atoms with Gasteiger partial charge in [0.05, 0.1) is 5.75 Å². The summed E-state index contributed by atoms with van der Waals surface area (Å²) >= 11 is 1.41. The van der Waals surface area contributed by atoms with Crippen molar-refractivity contribution in [1.82, 2.24) is 20.1 Å². The normalized spacial score (nSPS) is 12.0. The van der Waals surface area contributed by atoms with Crippen LogP contribution in [-0.2, 0) is 11.2 Å². The number of nitrogens with one attached hydrogen (secondary N) is 1. The summed E-state index contributed by atoms with van der Waals surface area (Å²) in [6.07, 6.45) is 1.87. The van der Waals surface area contributed by atoms with Gasteiger partial charge in [-0.1, -0.05) is 59.8 Å². The molecule has 1 amide bonds. The molecule has 0 saturated heterocycles. The summed E-state index contributed by atoms with van der Waals surface area (Å²) in [5.74, 6) is 1.14. The molecule has 0 unspecified atom stereocenters. The molecule has 0 saturated carbocycles. The second-order valence-corrected chi connectivity index (χ2v) is 7.92. The lowest BCUT2D eigenvalue weighted by molar-refractivity contribution is -0.119. The highest BCUT2D eigenvalue weighted by atomic mass is 32.2. The van der Waals surface area contributed by atoms with Gasteiger partial charge in [-0.15, -0.1) is 10.2 Å². The maximum absolute atomic E-state index is 12.3. The third-order valence-electron chi connectivity index (χ3n) is 4.54. The molecule has 0 aliphatic rings. The predicted molar refractivity (Wildman–Crippen MR) is 114 cm³/mol. The maximum Gasteiger partial charge on any atom is 0.230 e. The number of benzene rings is 2. The van der Waals surface area contributed by atoms with E-state index in [0.29, 0.717) is 5.75 Å². The predicted octanol–water partition coefficient (Wildman–Crippen LogP) is 4.11.